The maximum atomic E-state index is 12.5. The molecule has 0 aliphatic rings. The molecule has 3 N–H and O–H groups in total. The van der Waals surface area contributed by atoms with Gasteiger partial charge in [0.15, 0.2) is 10.9 Å². The number of carbonyl (C=O) groups excluding carboxylic acids is 2. The molecule has 0 spiro atoms. The van der Waals surface area contributed by atoms with Crippen LogP contribution in [0.25, 0.3) is 11.1 Å². The van der Waals surface area contributed by atoms with E-state index in [9.17, 15) is 9.59 Å². The van der Waals surface area contributed by atoms with Crippen molar-refractivity contribution in [2.75, 3.05) is 10.6 Å². The molecular formula is C25H19N3O3S. The first kappa shape index (κ1) is 21.0. The van der Waals surface area contributed by atoms with Gasteiger partial charge in [-0.15, -0.1) is 0 Å². The van der Waals surface area contributed by atoms with Crippen LogP contribution in [0.15, 0.2) is 102 Å². The lowest BCUT2D eigenvalue weighted by molar-refractivity contribution is 0.0975. The highest BCUT2D eigenvalue weighted by Crippen LogP contribution is 2.19. The summed E-state index contributed by atoms with van der Waals surface area (Å²) < 4.78 is 5.08. The molecule has 158 valence electrons. The van der Waals surface area contributed by atoms with Crippen molar-refractivity contribution < 1.29 is 14.0 Å². The van der Waals surface area contributed by atoms with Crippen molar-refractivity contribution in [1.29, 1.82) is 0 Å². The van der Waals surface area contributed by atoms with Crippen molar-refractivity contribution >= 4 is 40.5 Å². The van der Waals surface area contributed by atoms with Gasteiger partial charge in [0.05, 0.1) is 6.26 Å². The van der Waals surface area contributed by atoms with Crippen LogP contribution < -0.4 is 16.0 Å². The largest absolute Gasteiger partial charge is 0.459 e. The van der Waals surface area contributed by atoms with Gasteiger partial charge in [-0.2, -0.15) is 0 Å². The number of benzene rings is 3. The molecule has 0 aliphatic heterocycles. The van der Waals surface area contributed by atoms with E-state index in [0.717, 1.165) is 11.1 Å². The van der Waals surface area contributed by atoms with Crippen LogP contribution in [0.5, 0.6) is 0 Å². The minimum Gasteiger partial charge on any atom is -0.459 e. The van der Waals surface area contributed by atoms with Crippen molar-refractivity contribution in [3.63, 3.8) is 0 Å². The summed E-state index contributed by atoms with van der Waals surface area (Å²) in [7, 11) is 0. The molecule has 7 heteroatoms. The number of furan rings is 1. The molecule has 0 atom stereocenters. The summed E-state index contributed by atoms with van der Waals surface area (Å²) in [5, 5.41) is 8.51. The SMILES string of the molecule is O=C(NC(=S)Nc1cccc(NC(=O)c2ccco2)c1)c1ccc(-c2ccccc2)cc1. The highest BCUT2D eigenvalue weighted by molar-refractivity contribution is 7.80. The molecule has 4 aromatic rings. The lowest BCUT2D eigenvalue weighted by Gasteiger charge is -2.11. The summed E-state index contributed by atoms with van der Waals surface area (Å²) in [6.07, 6.45) is 1.43. The normalized spacial score (nSPS) is 10.2. The number of thiocarbonyl (C=S) groups is 1. The van der Waals surface area contributed by atoms with Gasteiger partial charge in [-0.25, -0.2) is 0 Å². The Morgan fingerprint density at radius 2 is 1.38 bits per heavy atom. The first-order valence-corrected chi connectivity index (χ1v) is 10.2. The van der Waals surface area contributed by atoms with Gasteiger partial charge < -0.3 is 15.1 Å². The van der Waals surface area contributed by atoms with Crippen LogP contribution in [-0.4, -0.2) is 16.9 Å². The molecule has 0 bridgehead atoms. The Balaban J connectivity index is 1.35. The molecular weight excluding hydrogens is 422 g/mol. The van der Waals surface area contributed by atoms with Gasteiger partial charge in [-0.05, 0) is 65.8 Å². The summed E-state index contributed by atoms with van der Waals surface area (Å²) in [6.45, 7) is 0. The highest BCUT2D eigenvalue weighted by Gasteiger charge is 2.11. The lowest BCUT2D eigenvalue weighted by atomic mass is 10.0. The van der Waals surface area contributed by atoms with Crippen LogP contribution in [0.1, 0.15) is 20.9 Å². The number of rotatable bonds is 5. The number of carbonyl (C=O) groups is 2. The third-order valence-corrected chi connectivity index (χ3v) is 4.81. The van der Waals surface area contributed by atoms with Gasteiger partial charge in [0.25, 0.3) is 11.8 Å². The fourth-order valence-electron chi connectivity index (χ4n) is 3.06. The summed E-state index contributed by atoms with van der Waals surface area (Å²) in [5.41, 5.74) is 3.77. The Labute approximate surface area is 190 Å². The number of hydrogen-bond donors (Lipinski definition) is 3. The summed E-state index contributed by atoms with van der Waals surface area (Å²) in [6, 6.07) is 27.4. The molecule has 4 rings (SSSR count). The summed E-state index contributed by atoms with van der Waals surface area (Å²) >= 11 is 5.27. The molecule has 1 heterocycles. The van der Waals surface area contributed by atoms with Crippen LogP contribution in [0.3, 0.4) is 0 Å². The zero-order valence-electron chi connectivity index (χ0n) is 16.9. The maximum absolute atomic E-state index is 12.5. The van der Waals surface area contributed by atoms with Crippen LogP contribution in [-0.2, 0) is 0 Å². The molecule has 0 fully saturated rings. The number of hydrogen-bond acceptors (Lipinski definition) is 4. The third-order valence-electron chi connectivity index (χ3n) is 4.60. The molecule has 3 aromatic carbocycles. The van der Waals surface area contributed by atoms with Gasteiger partial charge in [0.1, 0.15) is 0 Å². The van der Waals surface area contributed by atoms with Crippen molar-refractivity contribution in [1.82, 2.24) is 5.32 Å². The van der Waals surface area contributed by atoms with E-state index in [4.69, 9.17) is 16.6 Å². The van der Waals surface area contributed by atoms with Crippen LogP contribution in [0, 0.1) is 0 Å². The van der Waals surface area contributed by atoms with Gasteiger partial charge in [0, 0.05) is 16.9 Å². The van der Waals surface area contributed by atoms with Gasteiger partial charge in [-0.1, -0.05) is 48.5 Å². The van der Waals surface area contributed by atoms with Gasteiger partial charge in [-0.3, -0.25) is 14.9 Å². The van der Waals surface area contributed by atoms with E-state index in [0.29, 0.717) is 16.9 Å². The Morgan fingerprint density at radius 3 is 2.06 bits per heavy atom. The predicted molar refractivity (Wildman–Crippen MR) is 129 cm³/mol. The minimum absolute atomic E-state index is 0.150. The highest BCUT2D eigenvalue weighted by atomic mass is 32.1. The van der Waals surface area contributed by atoms with E-state index >= 15 is 0 Å². The van der Waals surface area contributed by atoms with Crippen LogP contribution in [0.2, 0.25) is 0 Å². The number of amides is 2. The van der Waals surface area contributed by atoms with Crippen molar-refractivity contribution in [2.45, 2.75) is 0 Å². The Kier molecular flexibility index (Phi) is 6.38. The van der Waals surface area contributed by atoms with E-state index in [-0.39, 0.29) is 22.7 Å². The fourth-order valence-corrected chi connectivity index (χ4v) is 3.27. The summed E-state index contributed by atoms with van der Waals surface area (Å²) in [5.74, 6) is -0.462. The van der Waals surface area contributed by atoms with Crippen molar-refractivity contribution in [3.8, 4) is 11.1 Å². The Morgan fingerprint density at radius 1 is 0.688 bits per heavy atom. The second-order valence-corrected chi connectivity index (χ2v) is 7.27. The van der Waals surface area contributed by atoms with E-state index in [2.05, 4.69) is 16.0 Å². The second-order valence-electron chi connectivity index (χ2n) is 6.86. The first-order valence-electron chi connectivity index (χ1n) is 9.81. The number of nitrogens with one attached hydrogen (secondary N) is 3. The lowest BCUT2D eigenvalue weighted by Crippen LogP contribution is -2.34. The van der Waals surface area contributed by atoms with Gasteiger partial charge >= 0.3 is 0 Å². The van der Waals surface area contributed by atoms with E-state index in [1.807, 2.05) is 42.5 Å². The quantitative estimate of drug-likeness (QED) is 0.365. The maximum Gasteiger partial charge on any atom is 0.291 e. The first-order chi connectivity index (χ1) is 15.6. The molecule has 0 radical (unpaired) electrons. The second kappa shape index (κ2) is 9.72. The minimum atomic E-state index is -0.359. The molecule has 1 aromatic heterocycles. The molecule has 2 amide bonds. The number of anilines is 2. The smallest absolute Gasteiger partial charge is 0.291 e. The van der Waals surface area contributed by atoms with E-state index in [1.165, 1.54) is 6.26 Å². The molecule has 32 heavy (non-hydrogen) atoms. The molecule has 0 saturated heterocycles. The average molecular weight is 442 g/mol. The van der Waals surface area contributed by atoms with E-state index in [1.54, 1.807) is 48.5 Å². The van der Waals surface area contributed by atoms with Crippen LogP contribution in [0.4, 0.5) is 11.4 Å². The zero-order chi connectivity index (χ0) is 22.3. The molecule has 0 aliphatic carbocycles. The van der Waals surface area contributed by atoms with Crippen molar-refractivity contribution in [3.05, 3.63) is 109 Å². The molecule has 0 unspecified atom stereocenters. The van der Waals surface area contributed by atoms with Gasteiger partial charge in [0.2, 0.25) is 0 Å². The standard InChI is InChI=1S/C25H19N3O3S/c29-23(19-13-11-18(12-14-19)17-6-2-1-3-7-17)28-25(32)27-21-9-4-8-20(16-21)26-24(30)22-10-5-15-31-22/h1-16H,(H,26,30)(H2,27,28,29,32). The monoisotopic (exact) mass is 441 g/mol. The zero-order valence-corrected chi connectivity index (χ0v) is 17.7. The average Bonchev–Trinajstić information content (AvgIpc) is 3.35. The third kappa shape index (κ3) is 5.27. The summed E-state index contributed by atoms with van der Waals surface area (Å²) in [4.78, 5) is 24.6. The van der Waals surface area contributed by atoms with Crippen molar-refractivity contribution in [2.24, 2.45) is 0 Å². The predicted octanol–water partition coefficient (Wildman–Crippen LogP) is 5.33. The van der Waals surface area contributed by atoms with Crippen LogP contribution >= 0.6 is 12.2 Å². The molecule has 6 nitrogen and oxygen atoms in total. The Hall–Kier alpha value is -4.23. The van der Waals surface area contributed by atoms with E-state index < -0.39 is 0 Å². The Bertz CT molecular complexity index is 1240. The fraction of sp³-hybridized carbons (Fsp3) is 0. The topological polar surface area (TPSA) is 83.4 Å². The molecule has 0 saturated carbocycles.